The van der Waals surface area contributed by atoms with Crippen LogP contribution in [0.2, 0.25) is 0 Å². The zero-order valence-corrected chi connectivity index (χ0v) is 10.1. The van der Waals surface area contributed by atoms with Gasteiger partial charge in [-0.3, -0.25) is 9.59 Å². The van der Waals surface area contributed by atoms with Gasteiger partial charge in [0.1, 0.15) is 0 Å². The lowest BCUT2D eigenvalue weighted by Gasteiger charge is -2.14. The van der Waals surface area contributed by atoms with E-state index in [0.29, 0.717) is 12.2 Å². The lowest BCUT2D eigenvalue weighted by atomic mass is 9.97. The minimum Gasteiger partial charge on any atom is -0.301 e. The Bertz CT molecular complexity index is 662. The number of fused-ring (bicyclic) bond motifs is 1. The predicted octanol–water partition coefficient (Wildman–Crippen LogP) is 1.39. The summed E-state index contributed by atoms with van der Waals surface area (Å²) in [5, 5.41) is 6.45. The minimum atomic E-state index is -0.228. The molecule has 2 aromatic heterocycles. The van der Waals surface area contributed by atoms with Crippen molar-refractivity contribution >= 4 is 5.78 Å². The van der Waals surface area contributed by atoms with Crippen LogP contribution < -0.4 is 5.56 Å². The molecule has 0 aromatic carbocycles. The number of carbonyl (C=O) groups is 1. The number of aromatic amines is 1. The van der Waals surface area contributed by atoms with E-state index >= 15 is 0 Å². The highest BCUT2D eigenvalue weighted by molar-refractivity contribution is 5.98. The lowest BCUT2D eigenvalue weighted by Crippen LogP contribution is -2.15. The highest BCUT2D eigenvalue weighted by Gasteiger charge is 2.23. The molecule has 2 aromatic rings. The molecule has 0 bridgehead atoms. The zero-order valence-electron chi connectivity index (χ0n) is 10.1. The first-order valence-corrected chi connectivity index (χ1v) is 5.97. The monoisotopic (exact) mass is 243 g/mol. The highest BCUT2D eigenvalue weighted by Crippen LogP contribution is 2.26. The molecule has 0 saturated heterocycles. The Morgan fingerprint density at radius 3 is 2.83 bits per heavy atom. The summed E-state index contributed by atoms with van der Waals surface area (Å²) in [5.41, 5.74) is 2.54. The molecule has 3 rings (SSSR count). The quantitative estimate of drug-likeness (QED) is 0.822. The number of hydrogen-bond acceptors (Lipinski definition) is 3. The summed E-state index contributed by atoms with van der Waals surface area (Å²) in [5.74, 6) is 0.852. The van der Waals surface area contributed by atoms with E-state index in [0.717, 1.165) is 29.8 Å². The van der Waals surface area contributed by atoms with Crippen LogP contribution in [0.15, 0.2) is 23.0 Å². The van der Waals surface area contributed by atoms with Crippen LogP contribution in [0.5, 0.6) is 0 Å². The van der Waals surface area contributed by atoms with Crippen molar-refractivity contribution in [1.29, 1.82) is 0 Å². The number of ketones is 1. The molecule has 2 heterocycles. The second-order valence-electron chi connectivity index (χ2n) is 4.54. The Hall–Kier alpha value is -2.17. The minimum absolute atomic E-state index is 0.197. The van der Waals surface area contributed by atoms with Gasteiger partial charge >= 0.3 is 0 Å². The van der Waals surface area contributed by atoms with Crippen LogP contribution >= 0.6 is 0 Å². The zero-order chi connectivity index (χ0) is 12.7. The number of nitrogens with one attached hydrogen (secondary N) is 1. The Morgan fingerprint density at radius 2 is 2.11 bits per heavy atom. The van der Waals surface area contributed by atoms with Gasteiger partial charge in [0.15, 0.2) is 11.6 Å². The van der Waals surface area contributed by atoms with E-state index in [1.54, 1.807) is 6.07 Å². The molecular formula is C13H13N3O2. The van der Waals surface area contributed by atoms with Crippen LogP contribution in [0.25, 0.3) is 5.82 Å². The van der Waals surface area contributed by atoms with Crippen LogP contribution in [0.4, 0.5) is 0 Å². The number of carbonyl (C=O) groups excluding carboxylic acids is 1. The number of nitrogens with zero attached hydrogens (tertiary/aromatic N) is 2. The average Bonchev–Trinajstić information content (AvgIpc) is 2.69. The molecule has 0 radical (unpaired) electrons. The van der Waals surface area contributed by atoms with Gasteiger partial charge in [0.05, 0.1) is 0 Å². The van der Waals surface area contributed by atoms with E-state index < -0.39 is 0 Å². The van der Waals surface area contributed by atoms with Gasteiger partial charge in [-0.1, -0.05) is 0 Å². The summed E-state index contributed by atoms with van der Waals surface area (Å²) in [6.45, 7) is 1.94. The number of aryl methyl sites for hydroxylation is 1. The summed E-state index contributed by atoms with van der Waals surface area (Å²) in [4.78, 5) is 22.9. The number of Topliss-reactive ketones (excluding diaryl/α,β-unsaturated/α-hetero) is 1. The summed E-state index contributed by atoms with van der Waals surface area (Å²) in [7, 11) is 0. The molecule has 18 heavy (non-hydrogen) atoms. The second-order valence-corrected chi connectivity index (χ2v) is 4.54. The molecule has 5 heteroatoms. The van der Waals surface area contributed by atoms with E-state index in [2.05, 4.69) is 10.2 Å². The molecule has 1 aliphatic carbocycles. The third-order valence-electron chi connectivity index (χ3n) is 3.30. The van der Waals surface area contributed by atoms with Crippen molar-refractivity contribution < 1.29 is 4.79 Å². The summed E-state index contributed by atoms with van der Waals surface area (Å²) < 4.78 is 1.95. The third kappa shape index (κ3) is 1.59. The molecule has 0 spiro atoms. The molecule has 0 amide bonds. The van der Waals surface area contributed by atoms with Gasteiger partial charge < -0.3 is 4.57 Å². The van der Waals surface area contributed by atoms with Gasteiger partial charge in [0, 0.05) is 29.4 Å². The Morgan fingerprint density at radius 1 is 1.28 bits per heavy atom. The molecule has 0 unspecified atom stereocenters. The number of aromatic nitrogens is 3. The maximum Gasteiger partial charge on any atom is 0.264 e. The topological polar surface area (TPSA) is 67.8 Å². The normalized spacial score (nSPS) is 14.6. The molecule has 1 aliphatic rings. The first kappa shape index (κ1) is 11.0. The van der Waals surface area contributed by atoms with Gasteiger partial charge in [-0.25, -0.2) is 5.10 Å². The van der Waals surface area contributed by atoms with Crippen LogP contribution in [0.3, 0.4) is 0 Å². The molecule has 0 aliphatic heterocycles. The molecular weight excluding hydrogens is 230 g/mol. The predicted molar refractivity (Wildman–Crippen MR) is 66.2 cm³/mol. The van der Waals surface area contributed by atoms with E-state index in [-0.39, 0.29) is 11.3 Å². The maximum atomic E-state index is 11.8. The second kappa shape index (κ2) is 3.94. The van der Waals surface area contributed by atoms with Gasteiger partial charge in [0.2, 0.25) is 0 Å². The fraction of sp³-hybridized carbons (Fsp3) is 0.308. The van der Waals surface area contributed by atoms with E-state index in [9.17, 15) is 9.59 Å². The Labute approximate surface area is 103 Å². The standard InChI is InChI=1S/C13H13N3O2/c1-8-7-9-10(3-2-4-11(9)17)16(8)12-5-6-13(18)15-14-12/h5-7H,2-4H2,1H3,(H,15,18). The van der Waals surface area contributed by atoms with Crippen LogP contribution in [0.1, 0.15) is 34.6 Å². The average molecular weight is 243 g/mol. The number of H-pyrrole nitrogens is 1. The van der Waals surface area contributed by atoms with Crippen molar-refractivity contribution in [3.8, 4) is 5.82 Å². The SMILES string of the molecule is Cc1cc2c(n1-c1ccc(=O)[nH]n1)CCCC2=O. The van der Waals surface area contributed by atoms with Crippen molar-refractivity contribution in [2.45, 2.75) is 26.2 Å². The van der Waals surface area contributed by atoms with Crippen molar-refractivity contribution in [2.75, 3.05) is 0 Å². The fourth-order valence-electron chi connectivity index (χ4n) is 2.51. The van der Waals surface area contributed by atoms with Gasteiger partial charge in [-0.2, -0.15) is 5.10 Å². The number of hydrogen-bond donors (Lipinski definition) is 1. The maximum absolute atomic E-state index is 11.8. The van der Waals surface area contributed by atoms with Crippen LogP contribution in [0, 0.1) is 6.92 Å². The van der Waals surface area contributed by atoms with Crippen molar-refractivity contribution in [2.24, 2.45) is 0 Å². The third-order valence-corrected chi connectivity index (χ3v) is 3.30. The van der Waals surface area contributed by atoms with Crippen molar-refractivity contribution in [3.05, 3.63) is 45.5 Å². The van der Waals surface area contributed by atoms with Crippen molar-refractivity contribution in [3.63, 3.8) is 0 Å². The molecule has 0 atom stereocenters. The van der Waals surface area contributed by atoms with E-state index in [1.807, 2.05) is 17.6 Å². The van der Waals surface area contributed by atoms with Crippen molar-refractivity contribution in [1.82, 2.24) is 14.8 Å². The van der Waals surface area contributed by atoms with Gasteiger partial charge in [-0.05, 0) is 31.9 Å². The summed E-state index contributed by atoms with van der Waals surface area (Å²) in [6, 6.07) is 5.02. The lowest BCUT2D eigenvalue weighted by molar-refractivity contribution is 0.0972. The first-order chi connectivity index (χ1) is 8.66. The molecule has 0 fully saturated rings. The Balaban J connectivity index is 2.20. The Kier molecular flexibility index (Phi) is 2.40. The highest BCUT2D eigenvalue weighted by atomic mass is 16.1. The van der Waals surface area contributed by atoms with E-state index in [1.165, 1.54) is 6.07 Å². The van der Waals surface area contributed by atoms with Gasteiger partial charge in [-0.15, -0.1) is 0 Å². The smallest absolute Gasteiger partial charge is 0.264 e. The summed E-state index contributed by atoms with van der Waals surface area (Å²) in [6.07, 6.45) is 2.36. The largest absolute Gasteiger partial charge is 0.301 e. The fourth-order valence-corrected chi connectivity index (χ4v) is 2.51. The molecule has 0 saturated carbocycles. The van der Waals surface area contributed by atoms with Gasteiger partial charge in [0.25, 0.3) is 5.56 Å². The van der Waals surface area contributed by atoms with Crippen LogP contribution in [-0.4, -0.2) is 20.5 Å². The molecule has 5 nitrogen and oxygen atoms in total. The first-order valence-electron chi connectivity index (χ1n) is 5.97. The molecule has 1 N–H and O–H groups in total. The van der Waals surface area contributed by atoms with Crippen LogP contribution in [-0.2, 0) is 6.42 Å². The molecule has 92 valence electrons. The number of rotatable bonds is 1. The summed E-state index contributed by atoms with van der Waals surface area (Å²) >= 11 is 0. The van der Waals surface area contributed by atoms with E-state index in [4.69, 9.17) is 0 Å².